The second kappa shape index (κ2) is 5.52. The van der Waals surface area contributed by atoms with E-state index in [0.717, 1.165) is 18.4 Å². The van der Waals surface area contributed by atoms with Gasteiger partial charge in [0.1, 0.15) is 5.82 Å². The van der Waals surface area contributed by atoms with Crippen LogP contribution in [0, 0.1) is 18.7 Å². The number of nitrogens with one attached hydrogen (secondary N) is 2. The zero-order valence-corrected chi connectivity index (χ0v) is 11.8. The third-order valence-electron chi connectivity index (χ3n) is 4.56. The highest BCUT2D eigenvalue weighted by atomic mass is 19.1. The van der Waals surface area contributed by atoms with Gasteiger partial charge in [0.05, 0.1) is 11.7 Å². The van der Waals surface area contributed by atoms with Gasteiger partial charge in [-0.3, -0.25) is 4.79 Å². The minimum Gasteiger partial charge on any atom is -0.322 e. The molecule has 1 aromatic carbocycles. The number of hydrogen-bond acceptors (Lipinski definition) is 2. The molecule has 0 bridgehead atoms. The summed E-state index contributed by atoms with van der Waals surface area (Å²) < 4.78 is 13.7. The summed E-state index contributed by atoms with van der Waals surface area (Å²) in [5.74, 6) is 0.130. The fourth-order valence-corrected chi connectivity index (χ4v) is 3.48. The van der Waals surface area contributed by atoms with Crippen LogP contribution in [-0.2, 0) is 4.79 Å². The van der Waals surface area contributed by atoms with Crippen molar-refractivity contribution in [1.29, 1.82) is 0 Å². The number of hydrogen-bond donors (Lipinski definition) is 2. The molecule has 2 aliphatic rings. The SMILES string of the molecule is Cc1ccc(F)c(NC(=O)C2CC3CCCCC3N2)c1. The number of anilines is 1. The number of carbonyl (C=O) groups is 1. The molecule has 0 radical (unpaired) electrons. The Morgan fingerprint density at radius 3 is 2.95 bits per heavy atom. The number of rotatable bonds is 2. The van der Waals surface area contributed by atoms with Crippen molar-refractivity contribution in [2.24, 2.45) is 5.92 Å². The summed E-state index contributed by atoms with van der Waals surface area (Å²) in [6, 6.07) is 5.07. The fraction of sp³-hybridized carbons (Fsp3) is 0.562. The Labute approximate surface area is 118 Å². The summed E-state index contributed by atoms with van der Waals surface area (Å²) in [6.45, 7) is 1.89. The van der Waals surface area contributed by atoms with Crippen LogP contribution in [0.2, 0.25) is 0 Å². The maximum atomic E-state index is 13.7. The van der Waals surface area contributed by atoms with Gasteiger partial charge in [0.15, 0.2) is 0 Å². The average Bonchev–Trinajstić information content (AvgIpc) is 2.87. The quantitative estimate of drug-likeness (QED) is 0.872. The molecule has 20 heavy (non-hydrogen) atoms. The second-order valence-electron chi connectivity index (χ2n) is 6.08. The second-order valence-corrected chi connectivity index (χ2v) is 6.08. The summed E-state index contributed by atoms with van der Waals surface area (Å²) in [6.07, 6.45) is 5.76. The molecule has 3 rings (SSSR count). The van der Waals surface area contributed by atoms with E-state index in [2.05, 4.69) is 10.6 Å². The highest BCUT2D eigenvalue weighted by molar-refractivity contribution is 5.95. The first-order chi connectivity index (χ1) is 9.63. The van der Waals surface area contributed by atoms with Crippen LogP contribution in [-0.4, -0.2) is 18.0 Å². The third kappa shape index (κ3) is 2.70. The molecule has 1 aliphatic carbocycles. The lowest BCUT2D eigenvalue weighted by molar-refractivity contribution is -0.117. The van der Waals surface area contributed by atoms with Crippen LogP contribution >= 0.6 is 0 Å². The molecular weight excluding hydrogens is 255 g/mol. The van der Waals surface area contributed by atoms with Crippen molar-refractivity contribution in [3.05, 3.63) is 29.6 Å². The Kier molecular flexibility index (Phi) is 3.74. The first-order valence-corrected chi connectivity index (χ1v) is 7.46. The minimum atomic E-state index is -0.376. The van der Waals surface area contributed by atoms with E-state index in [4.69, 9.17) is 0 Å². The van der Waals surface area contributed by atoms with Crippen LogP contribution in [0.4, 0.5) is 10.1 Å². The highest BCUT2D eigenvalue weighted by Crippen LogP contribution is 2.33. The van der Waals surface area contributed by atoms with Gasteiger partial charge < -0.3 is 10.6 Å². The van der Waals surface area contributed by atoms with Crippen molar-refractivity contribution >= 4 is 11.6 Å². The van der Waals surface area contributed by atoms with Crippen molar-refractivity contribution in [2.45, 2.75) is 51.1 Å². The van der Waals surface area contributed by atoms with Crippen molar-refractivity contribution < 1.29 is 9.18 Å². The van der Waals surface area contributed by atoms with Crippen molar-refractivity contribution in [3.8, 4) is 0 Å². The van der Waals surface area contributed by atoms with Gasteiger partial charge >= 0.3 is 0 Å². The number of amides is 1. The van der Waals surface area contributed by atoms with E-state index in [1.165, 1.54) is 25.3 Å². The fourth-order valence-electron chi connectivity index (χ4n) is 3.48. The van der Waals surface area contributed by atoms with Gasteiger partial charge in [0.2, 0.25) is 5.91 Å². The van der Waals surface area contributed by atoms with Crippen LogP contribution in [0.3, 0.4) is 0 Å². The van der Waals surface area contributed by atoms with Gasteiger partial charge in [0, 0.05) is 6.04 Å². The summed E-state index contributed by atoms with van der Waals surface area (Å²) in [4.78, 5) is 12.3. The molecule has 1 saturated carbocycles. The van der Waals surface area contributed by atoms with Crippen LogP contribution in [0.15, 0.2) is 18.2 Å². The number of aryl methyl sites for hydroxylation is 1. The van der Waals surface area contributed by atoms with E-state index < -0.39 is 0 Å². The molecular formula is C16H21FN2O. The molecule has 3 nitrogen and oxygen atoms in total. The Bertz CT molecular complexity index is 503. The Morgan fingerprint density at radius 2 is 2.15 bits per heavy atom. The Morgan fingerprint density at radius 1 is 1.35 bits per heavy atom. The monoisotopic (exact) mass is 276 g/mol. The molecule has 3 unspecified atom stereocenters. The lowest BCUT2D eigenvalue weighted by Gasteiger charge is -2.24. The van der Waals surface area contributed by atoms with Gasteiger partial charge in [0.25, 0.3) is 0 Å². The van der Waals surface area contributed by atoms with E-state index in [1.54, 1.807) is 12.1 Å². The van der Waals surface area contributed by atoms with E-state index in [0.29, 0.717) is 12.0 Å². The van der Waals surface area contributed by atoms with E-state index >= 15 is 0 Å². The van der Waals surface area contributed by atoms with Crippen LogP contribution in [0.25, 0.3) is 0 Å². The maximum absolute atomic E-state index is 13.7. The van der Waals surface area contributed by atoms with E-state index in [1.807, 2.05) is 6.92 Å². The summed E-state index contributed by atoms with van der Waals surface area (Å²) in [5, 5.41) is 6.14. The molecule has 3 atom stereocenters. The molecule has 1 saturated heterocycles. The van der Waals surface area contributed by atoms with Crippen molar-refractivity contribution in [3.63, 3.8) is 0 Å². The Hall–Kier alpha value is -1.42. The first-order valence-electron chi connectivity index (χ1n) is 7.46. The molecule has 108 valence electrons. The van der Waals surface area contributed by atoms with Gasteiger partial charge in [-0.1, -0.05) is 18.9 Å². The molecule has 2 N–H and O–H groups in total. The van der Waals surface area contributed by atoms with Crippen molar-refractivity contribution in [2.75, 3.05) is 5.32 Å². The predicted octanol–water partition coefficient (Wildman–Crippen LogP) is 2.99. The number of benzene rings is 1. The standard InChI is InChI=1S/C16H21FN2O/c1-10-6-7-12(17)14(8-10)19-16(20)15-9-11-4-2-3-5-13(11)18-15/h6-8,11,13,15,18H,2-5,9H2,1H3,(H,19,20). The van der Waals surface area contributed by atoms with E-state index in [9.17, 15) is 9.18 Å². The van der Waals surface area contributed by atoms with Crippen LogP contribution < -0.4 is 10.6 Å². The van der Waals surface area contributed by atoms with Crippen LogP contribution in [0.1, 0.15) is 37.7 Å². The smallest absolute Gasteiger partial charge is 0.241 e. The molecule has 0 spiro atoms. The Balaban J connectivity index is 1.66. The van der Waals surface area contributed by atoms with Gasteiger partial charge in [-0.15, -0.1) is 0 Å². The molecule has 2 fully saturated rings. The number of carbonyl (C=O) groups excluding carboxylic acids is 1. The van der Waals surface area contributed by atoms with Crippen molar-refractivity contribution in [1.82, 2.24) is 5.32 Å². The van der Waals surface area contributed by atoms with E-state index in [-0.39, 0.29) is 23.5 Å². The normalized spacial score (nSPS) is 29.0. The first kappa shape index (κ1) is 13.6. The predicted molar refractivity (Wildman–Crippen MR) is 77.1 cm³/mol. The zero-order chi connectivity index (χ0) is 14.1. The minimum absolute atomic E-state index is 0.107. The highest BCUT2D eigenvalue weighted by Gasteiger charge is 2.38. The zero-order valence-electron chi connectivity index (χ0n) is 11.8. The third-order valence-corrected chi connectivity index (χ3v) is 4.56. The lowest BCUT2D eigenvalue weighted by Crippen LogP contribution is -2.40. The molecule has 1 amide bonds. The summed E-state index contributed by atoms with van der Waals surface area (Å²) >= 11 is 0. The molecule has 1 aromatic rings. The summed E-state index contributed by atoms with van der Waals surface area (Å²) in [7, 11) is 0. The number of fused-ring (bicyclic) bond motifs is 1. The molecule has 0 aromatic heterocycles. The molecule has 1 aliphatic heterocycles. The largest absolute Gasteiger partial charge is 0.322 e. The molecule has 4 heteroatoms. The van der Waals surface area contributed by atoms with Crippen LogP contribution in [0.5, 0.6) is 0 Å². The molecule has 1 heterocycles. The maximum Gasteiger partial charge on any atom is 0.241 e. The average molecular weight is 276 g/mol. The van der Waals surface area contributed by atoms with Gasteiger partial charge in [-0.25, -0.2) is 4.39 Å². The lowest BCUT2D eigenvalue weighted by atomic mass is 9.85. The number of halogens is 1. The van der Waals surface area contributed by atoms with Gasteiger partial charge in [-0.05, 0) is 49.8 Å². The summed E-state index contributed by atoms with van der Waals surface area (Å²) in [5.41, 5.74) is 1.22. The van der Waals surface area contributed by atoms with Gasteiger partial charge in [-0.2, -0.15) is 0 Å². The topological polar surface area (TPSA) is 41.1 Å².